The molecule has 6 rings (SSSR count). The Kier molecular flexibility index (Phi) is 15.5. The number of ketones is 1. The van der Waals surface area contributed by atoms with E-state index in [0.717, 1.165) is 24.3 Å². The number of morpholine rings is 2. The molecule has 0 unspecified atom stereocenters. The number of carbonyl (C=O) groups excluding carboxylic acids is 4. The number of methoxy groups -OCH3 is 1. The Labute approximate surface area is 341 Å². The molecule has 2 fully saturated rings. The molecule has 0 atom stereocenters. The second-order valence-corrected chi connectivity index (χ2v) is 13.7. The van der Waals surface area contributed by atoms with Crippen LogP contribution in [0.15, 0.2) is 72.8 Å². The van der Waals surface area contributed by atoms with Crippen molar-refractivity contribution in [1.82, 2.24) is 9.80 Å². The lowest BCUT2D eigenvalue weighted by Gasteiger charge is -2.33. The normalized spacial score (nSPS) is 13.9. The number of Topliss-reactive ketones (excluding diaryl/α,β-unsaturated/α-hetero) is 1. The number of nitrogens with zero attached hydrogens (tertiary/aromatic N) is 4. The van der Waals surface area contributed by atoms with Gasteiger partial charge in [0.1, 0.15) is 23.3 Å². The van der Waals surface area contributed by atoms with Gasteiger partial charge in [0.15, 0.2) is 5.78 Å². The first-order valence-corrected chi connectivity index (χ1v) is 18.6. The molecule has 4 aromatic rings. The van der Waals surface area contributed by atoms with Crippen LogP contribution in [-0.4, -0.2) is 99.9 Å². The molecular weight excluding hydrogens is 809 g/mol. The maximum Gasteiger partial charge on any atom is 0.337 e. The maximum atomic E-state index is 14.6. The SMILES string of the molecule is COC(=O)c1ccc(CN(C(=O)N2CCOCC2)c2ccc(F)c(Cl)c2)c(F)c1.NCC(=O)c1ccc(CN(C(=O)N2CCOCC2)c2ccc(F)c(Cl)c2)c(F)c1. The van der Waals surface area contributed by atoms with Gasteiger partial charge >= 0.3 is 18.0 Å². The number of amides is 4. The highest BCUT2D eigenvalue weighted by Crippen LogP contribution is 2.28. The van der Waals surface area contributed by atoms with E-state index in [1.807, 2.05) is 0 Å². The van der Waals surface area contributed by atoms with Gasteiger partial charge in [0.05, 0.1) is 68.8 Å². The van der Waals surface area contributed by atoms with E-state index in [9.17, 15) is 36.7 Å². The highest BCUT2D eigenvalue weighted by molar-refractivity contribution is 6.31. The average Bonchev–Trinajstić information content (AvgIpc) is 3.24. The molecule has 4 amide bonds. The van der Waals surface area contributed by atoms with Gasteiger partial charge in [0.2, 0.25) is 0 Å². The maximum absolute atomic E-state index is 14.6. The first-order chi connectivity index (χ1) is 27.8. The summed E-state index contributed by atoms with van der Waals surface area (Å²) in [6, 6.07) is 14.8. The summed E-state index contributed by atoms with van der Waals surface area (Å²) in [6.07, 6.45) is 0. The second kappa shape index (κ2) is 20.4. The van der Waals surface area contributed by atoms with Gasteiger partial charge in [0, 0.05) is 54.2 Å². The molecule has 0 aromatic heterocycles. The van der Waals surface area contributed by atoms with Crippen molar-refractivity contribution in [2.75, 3.05) is 76.1 Å². The molecule has 58 heavy (non-hydrogen) atoms. The van der Waals surface area contributed by atoms with Crippen molar-refractivity contribution in [3.8, 4) is 0 Å². The Morgan fingerprint density at radius 2 is 1.05 bits per heavy atom. The van der Waals surface area contributed by atoms with E-state index in [4.69, 9.17) is 38.4 Å². The zero-order chi connectivity index (χ0) is 41.9. The van der Waals surface area contributed by atoms with E-state index in [2.05, 4.69) is 4.74 Å². The number of hydrogen-bond acceptors (Lipinski definition) is 8. The Bertz CT molecular complexity index is 1990. The van der Waals surface area contributed by atoms with Gasteiger partial charge in [0.25, 0.3) is 0 Å². The fourth-order valence-electron chi connectivity index (χ4n) is 5.92. The van der Waals surface area contributed by atoms with Crippen LogP contribution < -0.4 is 15.5 Å². The van der Waals surface area contributed by atoms with Crippen LogP contribution in [0.1, 0.15) is 31.8 Å². The van der Waals surface area contributed by atoms with E-state index in [-0.39, 0.29) is 69.8 Å². The third-order valence-corrected chi connectivity index (χ3v) is 9.73. The zero-order valence-corrected chi connectivity index (χ0v) is 32.7. The molecular formula is C40H39Cl2F4N5O7. The molecule has 308 valence electrons. The van der Waals surface area contributed by atoms with Crippen LogP contribution in [0, 0.1) is 23.3 Å². The molecule has 4 aromatic carbocycles. The van der Waals surface area contributed by atoms with Crippen LogP contribution in [0.4, 0.5) is 38.5 Å². The Hall–Kier alpha value is -5.26. The standard InChI is InChI=1S/C20H20ClF2N3O3.C20H19ClF2N2O4/c21-16-10-15(3-4-17(16)22)26(20(28)25-5-7-29-8-6-25)12-14-2-1-13(9-18(14)23)19(27)11-24;1-28-19(26)13-2-3-14(18(23)10-13)12-25(15-4-5-17(22)16(21)11-15)20(27)24-6-8-29-9-7-24/h1-4,9-10H,5-8,11-12,24H2;2-5,10-11H,6-9,12H2,1H3. The lowest BCUT2D eigenvalue weighted by Crippen LogP contribution is -2.48. The number of hydrogen-bond donors (Lipinski definition) is 1. The topological polar surface area (TPSA) is 135 Å². The first kappa shape index (κ1) is 43.9. The molecule has 0 radical (unpaired) electrons. The molecule has 2 saturated heterocycles. The van der Waals surface area contributed by atoms with Crippen molar-refractivity contribution in [3.05, 3.63) is 128 Å². The first-order valence-electron chi connectivity index (χ1n) is 17.9. The quantitative estimate of drug-likeness (QED) is 0.107. The summed E-state index contributed by atoms with van der Waals surface area (Å²) in [5.41, 5.74) is 6.56. The molecule has 18 heteroatoms. The van der Waals surface area contributed by atoms with Gasteiger partial charge < -0.3 is 29.7 Å². The average molecular weight is 849 g/mol. The van der Waals surface area contributed by atoms with Gasteiger partial charge in [-0.2, -0.15) is 0 Å². The van der Waals surface area contributed by atoms with Crippen molar-refractivity contribution in [2.24, 2.45) is 5.73 Å². The number of nitrogens with two attached hydrogens (primary N) is 1. The molecule has 2 aliphatic heterocycles. The smallest absolute Gasteiger partial charge is 0.337 e. The van der Waals surface area contributed by atoms with E-state index >= 15 is 0 Å². The minimum Gasteiger partial charge on any atom is -0.465 e. The summed E-state index contributed by atoms with van der Waals surface area (Å²) in [6.45, 7) is 2.64. The number of anilines is 2. The summed E-state index contributed by atoms with van der Waals surface area (Å²) >= 11 is 11.8. The van der Waals surface area contributed by atoms with Crippen LogP contribution in [0.5, 0.6) is 0 Å². The fraction of sp³-hybridized carbons (Fsp3) is 0.300. The molecule has 12 nitrogen and oxygen atoms in total. The van der Waals surface area contributed by atoms with Gasteiger partial charge in [-0.1, -0.05) is 41.4 Å². The Morgan fingerprint density at radius 3 is 1.43 bits per heavy atom. The summed E-state index contributed by atoms with van der Waals surface area (Å²) in [4.78, 5) is 55.2. The molecule has 0 spiro atoms. The molecule has 2 N–H and O–H groups in total. The van der Waals surface area contributed by atoms with E-state index in [1.54, 1.807) is 9.80 Å². The second-order valence-electron chi connectivity index (χ2n) is 12.9. The minimum atomic E-state index is -0.666. The highest BCUT2D eigenvalue weighted by Gasteiger charge is 2.28. The van der Waals surface area contributed by atoms with Gasteiger partial charge in [-0.3, -0.25) is 14.6 Å². The molecule has 0 aliphatic carbocycles. The number of benzene rings is 4. The monoisotopic (exact) mass is 847 g/mol. The summed E-state index contributed by atoms with van der Waals surface area (Å²) in [7, 11) is 1.20. The largest absolute Gasteiger partial charge is 0.465 e. The lowest BCUT2D eigenvalue weighted by atomic mass is 10.1. The van der Waals surface area contributed by atoms with Gasteiger partial charge in [-0.15, -0.1) is 0 Å². The number of urea groups is 2. The number of carbonyl (C=O) groups is 4. The summed E-state index contributed by atoms with van der Waals surface area (Å²) in [5, 5.41) is -0.296. The highest BCUT2D eigenvalue weighted by atomic mass is 35.5. The molecule has 0 bridgehead atoms. The van der Waals surface area contributed by atoms with Crippen molar-refractivity contribution >= 4 is 58.4 Å². The number of rotatable bonds is 9. The number of halogens is 6. The zero-order valence-electron chi connectivity index (χ0n) is 31.2. The van der Waals surface area contributed by atoms with Gasteiger partial charge in [-0.05, 0) is 54.6 Å². The lowest BCUT2D eigenvalue weighted by molar-refractivity contribution is 0.0548. The van der Waals surface area contributed by atoms with Crippen molar-refractivity contribution in [2.45, 2.75) is 13.1 Å². The molecule has 2 heterocycles. The predicted molar refractivity (Wildman–Crippen MR) is 208 cm³/mol. The van der Waals surface area contributed by atoms with Crippen molar-refractivity contribution < 1.29 is 51.0 Å². The van der Waals surface area contributed by atoms with Crippen molar-refractivity contribution in [1.29, 1.82) is 0 Å². The van der Waals surface area contributed by atoms with E-state index in [1.165, 1.54) is 65.4 Å². The summed E-state index contributed by atoms with van der Waals surface area (Å²) < 4.78 is 71.5. The molecule has 0 saturated carbocycles. The van der Waals surface area contributed by atoms with Crippen LogP contribution in [0.25, 0.3) is 0 Å². The number of esters is 1. The van der Waals surface area contributed by atoms with Crippen LogP contribution in [-0.2, 0) is 27.3 Å². The van der Waals surface area contributed by atoms with Crippen molar-refractivity contribution in [3.63, 3.8) is 0 Å². The third kappa shape index (κ3) is 11.0. The predicted octanol–water partition coefficient (Wildman–Crippen LogP) is 7.08. The number of ether oxygens (including phenoxy) is 3. The summed E-state index contributed by atoms with van der Waals surface area (Å²) in [5.74, 6) is -3.60. The molecule has 2 aliphatic rings. The van der Waals surface area contributed by atoms with Crippen LogP contribution in [0.3, 0.4) is 0 Å². The Morgan fingerprint density at radius 1 is 0.638 bits per heavy atom. The van der Waals surface area contributed by atoms with E-state index < -0.39 is 29.2 Å². The third-order valence-electron chi connectivity index (χ3n) is 9.15. The Balaban J connectivity index is 0.000000221. The van der Waals surface area contributed by atoms with Crippen LogP contribution >= 0.6 is 23.2 Å². The van der Waals surface area contributed by atoms with Crippen LogP contribution in [0.2, 0.25) is 10.0 Å². The van der Waals surface area contributed by atoms with Gasteiger partial charge in [-0.25, -0.2) is 31.9 Å². The minimum absolute atomic E-state index is 0.0598. The fourth-order valence-corrected chi connectivity index (χ4v) is 6.27. The van der Waals surface area contributed by atoms with E-state index in [0.29, 0.717) is 64.0 Å².